The molecular formula is C16H26N4O2. The number of aliphatic hydroxyl groups is 2. The van der Waals surface area contributed by atoms with Crippen LogP contribution in [0.1, 0.15) is 37.4 Å². The molecule has 1 aromatic rings. The summed E-state index contributed by atoms with van der Waals surface area (Å²) in [4.78, 5) is 13.7. The first-order valence-electron chi connectivity index (χ1n) is 8.14. The Morgan fingerprint density at radius 1 is 1.09 bits per heavy atom. The van der Waals surface area contributed by atoms with E-state index in [9.17, 15) is 10.2 Å². The van der Waals surface area contributed by atoms with Crippen LogP contribution in [0.2, 0.25) is 0 Å². The van der Waals surface area contributed by atoms with Gasteiger partial charge in [-0.3, -0.25) is 0 Å². The molecule has 2 fully saturated rings. The zero-order valence-corrected chi connectivity index (χ0v) is 13.7. The third-order valence-corrected chi connectivity index (χ3v) is 5.04. The van der Waals surface area contributed by atoms with Crippen molar-refractivity contribution in [2.75, 3.05) is 36.0 Å². The van der Waals surface area contributed by atoms with Crippen molar-refractivity contribution in [1.82, 2.24) is 9.97 Å². The van der Waals surface area contributed by atoms with E-state index in [2.05, 4.69) is 14.8 Å². The average molecular weight is 306 g/mol. The van der Waals surface area contributed by atoms with Crippen LogP contribution in [0.25, 0.3) is 0 Å². The number of hydrogen-bond acceptors (Lipinski definition) is 6. The summed E-state index contributed by atoms with van der Waals surface area (Å²) in [5.41, 5.74) is 1.03. The van der Waals surface area contributed by atoms with Crippen molar-refractivity contribution in [2.45, 2.75) is 51.7 Å². The van der Waals surface area contributed by atoms with Gasteiger partial charge >= 0.3 is 0 Å². The van der Waals surface area contributed by atoms with Gasteiger partial charge in [0.2, 0.25) is 5.95 Å². The molecule has 0 aromatic carbocycles. The molecule has 0 saturated carbocycles. The van der Waals surface area contributed by atoms with Crippen LogP contribution in [0.15, 0.2) is 0 Å². The predicted octanol–water partition coefficient (Wildman–Crippen LogP) is 1.02. The normalized spacial score (nSPS) is 29.2. The number of anilines is 2. The summed E-state index contributed by atoms with van der Waals surface area (Å²) in [6.45, 7) is 8.86. The number of nitrogens with zero attached hydrogens (tertiary/aromatic N) is 4. The highest BCUT2D eigenvalue weighted by Crippen LogP contribution is 2.30. The Labute approximate surface area is 131 Å². The van der Waals surface area contributed by atoms with E-state index in [0.717, 1.165) is 36.1 Å². The second kappa shape index (κ2) is 5.66. The first-order valence-corrected chi connectivity index (χ1v) is 8.14. The van der Waals surface area contributed by atoms with Crippen LogP contribution < -0.4 is 9.80 Å². The van der Waals surface area contributed by atoms with Gasteiger partial charge in [0, 0.05) is 37.4 Å². The monoisotopic (exact) mass is 306 g/mol. The number of β-amino-alcohol motifs (C(OH)–C–C–N with tert-alkyl or cyclic N) is 1. The van der Waals surface area contributed by atoms with Gasteiger partial charge in [-0.05, 0) is 40.0 Å². The SMILES string of the molecule is Cc1nc(N2CCCC2)nc(N2CC[C@@](C)(O)[C@@H](O)C2)c1C. The zero-order chi connectivity index (χ0) is 15.9. The zero-order valence-electron chi connectivity index (χ0n) is 13.7. The average Bonchev–Trinajstić information content (AvgIpc) is 2.99. The molecule has 2 aliphatic heterocycles. The summed E-state index contributed by atoms with van der Waals surface area (Å²) in [7, 11) is 0. The number of aryl methyl sites for hydroxylation is 1. The van der Waals surface area contributed by atoms with Gasteiger partial charge in [-0.25, -0.2) is 4.98 Å². The molecule has 2 atom stereocenters. The molecule has 2 aliphatic rings. The van der Waals surface area contributed by atoms with Crippen molar-refractivity contribution in [1.29, 1.82) is 0 Å². The first kappa shape index (κ1) is 15.5. The number of hydrogen-bond donors (Lipinski definition) is 2. The van der Waals surface area contributed by atoms with Crippen molar-refractivity contribution in [3.05, 3.63) is 11.3 Å². The van der Waals surface area contributed by atoms with Crippen molar-refractivity contribution >= 4 is 11.8 Å². The molecule has 122 valence electrons. The lowest BCUT2D eigenvalue weighted by Gasteiger charge is -2.41. The summed E-state index contributed by atoms with van der Waals surface area (Å²) in [5.74, 6) is 1.69. The molecule has 3 rings (SSSR count). The minimum Gasteiger partial charge on any atom is -0.388 e. The minimum atomic E-state index is -1.01. The molecule has 6 heteroatoms. The van der Waals surface area contributed by atoms with Gasteiger partial charge in [0.15, 0.2) is 0 Å². The largest absolute Gasteiger partial charge is 0.388 e. The Bertz CT molecular complexity index is 555. The first-order chi connectivity index (χ1) is 10.4. The smallest absolute Gasteiger partial charge is 0.227 e. The molecule has 0 aliphatic carbocycles. The van der Waals surface area contributed by atoms with E-state index in [-0.39, 0.29) is 0 Å². The minimum absolute atomic E-state index is 0.406. The molecule has 1 aromatic heterocycles. The fraction of sp³-hybridized carbons (Fsp3) is 0.750. The third-order valence-electron chi connectivity index (χ3n) is 5.04. The standard InChI is InChI=1S/C16H26N4O2/c1-11-12(2)17-15(19-7-4-5-8-19)18-14(11)20-9-6-16(3,22)13(21)10-20/h13,21-22H,4-10H2,1-3H3/t13-,16+/m0/s1. The number of aliphatic hydroxyl groups excluding tert-OH is 1. The van der Waals surface area contributed by atoms with Gasteiger partial charge in [0.05, 0.1) is 11.7 Å². The lowest BCUT2D eigenvalue weighted by Crippen LogP contribution is -2.54. The van der Waals surface area contributed by atoms with E-state index in [0.29, 0.717) is 19.5 Å². The lowest BCUT2D eigenvalue weighted by atomic mass is 9.90. The maximum absolute atomic E-state index is 10.2. The molecule has 3 heterocycles. The van der Waals surface area contributed by atoms with Crippen LogP contribution in [0.3, 0.4) is 0 Å². The fourth-order valence-corrected chi connectivity index (χ4v) is 3.18. The van der Waals surface area contributed by atoms with Gasteiger partial charge in [-0.1, -0.05) is 0 Å². The van der Waals surface area contributed by atoms with Gasteiger partial charge in [0.1, 0.15) is 5.82 Å². The molecule has 0 radical (unpaired) electrons. The van der Waals surface area contributed by atoms with Crippen LogP contribution in [0.4, 0.5) is 11.8 Å². The van der Waals surface area contributed by atoms with Crippen molar-refractivity contribution in [3.8, 4) is 0 Å². The quantitative estimate of drug-likeness (QED) is 0.850. The van der Waals surface area contributed by atoms with E-state index in [1.807, 2.05) is 13.8 Å². The summed E-state index contributed by atoms with van der Waals surface area (Å²) in [5, 5.41) is 20.3. The van der Waals surface area contributed by atoms with E-state index in [4.69, 9.17) is 4.98 Å². The molecule has 22 heavy (non-hydrogen) atoms. The van der Waals surface area contributed by atoms with Crippen molar-refractivity contribution in [2.24, 2.45) is 0 Å². The van der Waals surface area contributed by atoms with Gasteiger partial charge in [-0.2, -0.15) is 4.98 Å². The summed E-state index contributed by atoms with van der Waals surface area (Å²) in [6, 6.07) is 0. The number of rotatable bonds is 2. The number of piperidine rings is 1. The van der Waals surface area contributed by atoms with Gasteiger partial charge < -0.3 is 20.0 Å². The number of aromatic nitrogens is 2. The second-order valence-electron chi connectivity index (χ2n) is 6.82. The highest BCUT2D eigenvalue weighted by molar-refractivity contribution is 5.53. The van der Waals surface area contributed by atoms with Crippen LogP contribution in [0.5, 0.6) is 0 Å². The van der Waals surface area contributed by atoms with Crippen LogP contribution >= 0.6 is 0 Å². The maximum atomic E-state index is 10.2. The fourth-order valence-electron chi connectivity index (χ4n) is 3.18. The van der Waals surface area contributed by atoms with Crippen LogP contribution in [0, 0.1) is 13.8 Å². The molecule has 0 unspecified atom stereocenters. The highest BCUT2D eigenvalue weighted by atomic mass is 16.3. The molecule has 0 amide bonds. The highest BCUT2D eigenvalue weighted by Gasteiger charge is 2.37. The van der Waals surface area contributed by atoms with Crippen LogP contribution in [-0.2, 0) is 0 Å². The summed E-state index contributed by atoms with van der Waals surface area (Å²) >= 11 is 0. The van der Waals surface area contributed by atoms with Gasteiger partial charge in [0.25, 0.3) is 0 Å². The molecule has 0 spiro atoms. The summed E-state index contributed by atoms with van der Waals surface area (Å²) in [6.07, 6.45) is 2.16. The molecule has 0 bridgehead atoms. The van der Waals surface area contributed by atoms with E-state index >= 15 is 0 Å². The van der Waals surface area contributed by atoms with E-state index in [1.165, 1.54) is 12.8 Å². The summed E-state index contributed by atoms with van der Waals surface area (Å²) < 4.78 is 0. The topological polar surface area (TPSA) is 72.7 Å². The Hall–Kier alpha value is -1.40. The Kier molecular flexibility index (Phi) is 3.99. The maximum Gasteiger partial charge on any atom is 0.227 e. The van der Waals surface area contributed by atoms with Crippen molar-refractivity contribution in [3.63, 3.8) is 0 Å². The van der Waals surface area contributed by atoms with Gasteiger partial charge in [-0.15, -0.1) is 0 Å². The Morgan fingerprint density at radius 3 is 2.41 bits per heavy atom. The molecule has 2 saturated heterocycles. The lowest BCUT2D eigenvalue weighted by molar-refractivity contribution is -0.0723. The Balaban J connectivity index is 1.89. The van der Waals surface area contributed by atoms with Crippen molar-refractivity contribution < 1.29 is 10.2 Å². The molecular weight excluding hydrogens is 280 g/mol. The predicted molar refractivity (Wildman–Crippen MR) is 86.4 cm³/mol. The molecule has 6 nitrogen and oxygen atoms in total. The van der Waals surface area contributed by atoms with E-state index < -0.39 is 11.7 Å². The van der Waals surface area contributed by atoms with Crippen LogP contribution in [-0.4, -0.2) is 58.1 Å². The molecule has 2 N–H and O–H groups in total. The Morgan fingerprint density at radius 2 is 1.77 bits per heavy atom. The third kappa shape index (κ3) is 2.77. The second-order valence-corrected chi connectivity index (χ2v) is 6.82. The van der Waals surface area contributed by atoms with E-state index in [1.54, 1.807) is 6.92 Å².